The van der Waals surface area contributed by atoms with Crippen LogP contribution in [0.25, 0.3) is 10.9 Å². The third-order valence-electron chi connectivity index (χ3n) is 5.12. The van der Waals surface area contributed by atoms with Gasteiger partial charge in [0.15, 0.2) is 0 Å². The molecule has 1 N–H and O–H groups in total. The molecule has 1 aliphatic carbocycles. The second-order valence-corrected chi connectivity index (χ2v) is 7.91. The standard InChI is InChI=1S/C21H24F4N2O2/c1-20(12-21(23,24)25,13-29-16-7-3-2-4-8-16)27-19(28)15-10-14-6-5-9-17(22)18(14)26-11-15/h5-6,9-11,16H,2-4,7-8,12-13H2,1H3,(H,27,28). The minimum absolute atomic E-state index is 0.0640. The summed E-state index contributed by atoms with van der Waals surface area (Å²) in [6.07, 6.45) is 0.114. The number of carbonyl (C=O) groups excluding carboxylic acids is 1. The van der Waals surface area contributed by atoms with Crippen LogP contribution in [0.5, 0.6) is 0 Å². The number of carbonyl (C=O) groups is 1. The molecule has 1 aromatic heterocycles. The van der Waals surface area contributed by atoms with Gasteiger partial charge in [-0.3, -0.25) is 9.78 Å². The van der Waals surface area contributed by atoms with Crippen molar-refractivity contribution < 1.29 is 27.1 Å². The molecule has 2 aromatic rings. The summed E-state index contributed by atoms with van der Waals surface area (Å²) in [5, 5.41) is 2.86. The van der Waals surface area contributed by atoms with E-state index >= 15 is 0 Å². The zero-order valence-corrected chi connectivity index (χ0v) is 16.2. The number of benzene rings is 1. The molecule has 0 bridgehead atoms. The van der Waals surface area contributed by atoms with Gasteiger partial charge in [0.1, 0.15) is 11.3 Å². The highest BCUT2D eigenvalue weighted by molar-refractivity contribution is 5.97. The minimum atomic E-state index is -4.47. The van der Waals surface area contributed by atoms with Crippen molar-refractivity contribution in [2.45, 2.75) is 63.3 Å². The summed E-state index contributed by atoms with van der Waals surface area (Å²) in [5.74, 6) is -1.24. The zero-order valence-electron chi connectivity index (χ0n) is 16.2. The molecule has 8 heteroatoms. The second kappa shape index (κ2) is 8.65. The van der Waals surface area contributed by atoms with E-state index in [9.17, 15) is 22.4 Å². The van der Waals surface area contributed by atoms with E-state index in [1.165, 1.54) is 25.1 Å². The first-order valence-electron chi connectivity index (χ1n) is 9.70. The average Bonchev–Trinajstić information content (AvgIpc) is 2.66. The lowest BCUT2D eigenvalue weighted by Gasteiger charge is -2.34. The van der Waals surface area contributed by atoms with Crippen molar-refractivity contribution in [1.82, 2.24) is 10.3 Å². The van der Waals surface area contributed by atoms with E-state index in [0.717, 1.165) is 38.3 Å². The highest BCUT2D eigenvalue weighted by Crippen LogP contribution is 2.30. The Hall–Kier alpha value is -2.22. The highest BCUT2D eigenvalue weighted by Gasteiger charge is 2.41. The van der Waals surface area contributed by atoms with Crippen LogP contribution in [0, 0.1) is 5.82 Å². The summed E-state index contributed by atoms with van der Waals surface area (Å²) >= 11 is 0. The van der Waals surface area contributed by atoms with Crippen LogP contribution in [0.15, 0.2) is 30.5 Å². The summed E-state index contributed by atoms with van der Waals surface area (Å²) in [5.41, 5.74) is -1.46. The van der Waals surface area contributed by atoms with Gasteiger partial charge in [-0.25, -0.2) is 4.39 Å². The van der Waals surface area contributed by atoms with Crippen molar-refractivity contribution >= 4 is 16.8 Å². The molecule has 1 atom stereocenters. The van der Waals surface area contributed by atoms with Crippen LogP contribution in [0.4, 0.5) is 17.6 Å². The Morgan fingerprint density at radius 2 is 1.97 bits per heavy atom. The Morgan fingerprint density at radius 3 is 2.66 bits per heavy atom. The second-order valence-electron chi connectivity index (χ2n) is 7.91. The van der Waals surface area contributed by atoms with Gasteiger partial charge in [-0.1, -0.05) is 31.4 Å². The summed E-state index contributed by atoms with van der Waals surface area (Å²) in [6, 6.07) is 5.73. The fourth-order valence-electron chi connectivity index (χ4n) is 3.70. The molecule has 1 amide bonds. The van der Waals surface area contributed by atoms with E-state index in [-0.39, 0.29) is 23.8 Å². The maximum Gasteiger partial charge on any atom is 0.391 e. The molecule has 1 saturated carbocycles. The Kier molecular flexibility index (Phi) is 6.41. The number of halogens is 4. The topological polar surface area (TPSA) is 51.2 Å². The van der Waals surface area contributed by atoms with Gasteiger partial charge in [-0.2, -0.15) is 13.2 Å². The third-order valence-corrected chi connectivity index (χ3v) is 5.12. The van der Waals surface area contributed by atoms with Crippen molar-refractivity contribution in [1.29, 1.82) is 0 Å². The lowest BCUT2D eigenvalue weighted by Crippen LogP contribution is -2.52. The van der Waals surface area contributed by atoms with Gasteiger partial charge >= 0.3 is 6.18 Å². The van der Waals surface area contributed by atoms with Gasteiger partial charge in [-0.05, 0) is 31.9 Å². The van der Waals surface area contributed by atoms with Gasteiger partial charge in [0, 0.05) is 11.6 Å². The molecule has 0 aliphatic heterocycles. The summed E-state index contributed by atoms with van der Waals surface area (Å²) in [6.45, 7) is 1.09. The van der Waals surface area contributed by atoms with E-state index in [1.807, 2.05) is 0 Å². The van der Waals surface area contributed by atoms with E-state index in [2.05, 4.69) is 10.3 Å². The van der Waals surface area contributed by atoms with Gasteiger partial charge < -0.3 is 10.1 Å². The maximum atomic E-state index is 13.7. The van der Waals surface area contributed by atoms with Crippen LogP contribution < -0.4 is 5.32 Å². The quantitative estimate of drug-likeness (QED) is 0.667. The summed E-state index contributed by atoms with van der Waals surface area (Å²) in [7, 11) is 0. The first-order valence-corrected chi connectivity index (χ1v) is 9.70. The number of rotatable bonds is 6. The number of ether oxygens (including phenoxy) is 1. The molecule has 158 valence electrons. The van der Waals surface area contributed by atoms with Gasteiger partial charge in [0.05, 0.1) is 30.2 Å². The molecular weight excluding hydrogens is 388 g/mol. The smallest absolute Gasteiger partial charge is 0.376 e. The molecule has 0 saturated heterocycles. The zero-order chi connectivity index (χ0) is 21.1. The van der Waals surface area contributed by atoms with Crippen LogP contribution in [-0.2, 0) is 4.74 Å². The Labute approximate surface area is 166 Å². The number of hydrogen-bond donors (Lipinski definition) is 1. The summed E-state index contributed by atoms with van der Waals surface area (Å²) < 4.78 is 59.0. The van der Waals surface area contributed by atoms with Crippen LogP contribution in [0.2, 0.25) is 0 Å². The minimum Gasteiger partial charge on any atom is -0.376 e. The number of aromatic nitrogens is 1. The molecule has 29 heavy (non-hydrogen) atoms. The van der Waals surface area contributed by atoms with Gasteiger partial charge in [0.2, 0.25) is 0 Å². The number of pyridine rings is 1. The Bertz CT molecular complexity index is 865. The third kappa shape index (κ3) is 5.88. The number of nitrogens with zero attached hydrogens (tertiary/aromatic N) is 1. The van der Waals surface area contributed by atoms with Crippen molar-refractivity contribution in [3.05, 3.63) is 41.8 Å². The van der Waals surface area contributed by atoms with Crippen LogP contribution in [-0.4, -0.2) is 35.3 Å². The number of nitrogens with one attached hydrogen (secondary N) is 1. The largest absolute Gasteiger partial charge is 0.391 e. The van der Waals surface area contributed by atoms with Crippen LogP contribution >= 0.6 is 0 Å². The Balaban J connectivity index is 1.76. The lowest BCUT2D eigenvalue weighted by molar-refractivity contribution is -0.155. The molecule has 1 aromatic carbocycles. The highest BCUT2D eigenvalue weighted by atomic mass is 19.4. The first-order chi connectivity index (χ1) is 13.7. The molecule has 1 heterocycles. The van der Waals surface area contributed by atoms with Crippen molar-refractivity contribution in [3.63, 3.8) is 0 Å². The monoisotopic (exact) mass is 412 g/mol. The first kappa shape index (κ1) is 21.5. The molecule has 0 radical (unpaired) electrons. The molecule has 1 unspecified atom stereocenters. The SMILES string of the molecule is CC(COC1CCCCC1)(CC(F)(F)F)NC(=O)c1cnc2c(F)cccc2c1. The molecule has 1 fully saturated rings. The Morgan fingerprint density at radius 1 is 1.24 bits per heavy atom. The number of amides is 1. The van der Waals surface area contributed by atoms with Crippen molar-refractivity contribution in [2.75, 3.05) is 6.61 Å². The number of alkyl halides is 3. The fourth-order valence-corrected chi connectivity index (χ4v) is 3.70. The van der Waals surface area contributed by atoms with Gasteiger partial charge in [0.25, 0.3) is 5.91 Å². The number of hydrogen-bond acceptors (Lipinski definition) is 3. The van der Waals surface area contributed by atoms with Crippen molar-refractivity contribution in [3.8, 4) is 0 Å². The normalized spacial score (nSPS) is 17.8. The predicted octanol–water partition coefficient (Wildman–Crippen LogP) is 5.16. The van der Waals surface area contributed by atoms with E-state index in [1.54, 1.807) is 6.07 Å². The number of fused-ring (bicyclic) bond motifs is 1. The van der Waals surface area contributed by atoms with E-state index < -0.39 is 29.9 Å². The lowest BCUT2D eigenvalue weighted by atomic mass is 9.95. The van der Waals surface area contributed by atoms with Crippen LogP contribution in [0.3, 0.4) is 0 Å². The average molecular weight is 412 g/mol. The van der Waals surface area contributed by atoms with Crippen molar-refractivity contribution in [2.24, 2.45) is 0 Å². The predicted molar refractivity (Wildman–Crippen MR) is 101 cm³/mol. The molecule has 3 rings (SSSR count). The molecule has 0 spiro atoms. The summed E-state index contributed by atoms with van der Waals surface area (Å²) in [4.78, 5) is 16.6. The molecule has 1 aliphatic rings. The number of para-hydroxylation sites is 1. The molecule has 4 nitrogen and oxygen atoms in total. The van der Waals surface area contributed by atoms with E-state index in [4.69, 9.17) is 4.74 Å². The van der Waals surface area contributed by atoms with Crippen LogP contribution in [0.1, 0.15) is 55.8 Å². The van der Waals surface area contributed by atoms with E-state index in [0.29, 0.717) is 5.39 Å². The van der Waals surface area contributed by atoms with Gasteiger partial charge in [-0.15, -0.1) is 0 Å². The molecular formula is C21H24F4N2O2. The fraction of sp³-hybridized carbons (Fsp3) is 0.524. The maximum absolute atomic E-state index is 13.7.